The Balaban J connectivity index is 1.67. The molecule has 0 atom stereocenters. The van der Waals surface area contributed by atoms with Crippen LogP contribution in [0.4, 0.5) is 0 Å². The van der Waals surface area contributed by atoms with Crippen LogP contribution in [-0.4, -0.2) is 64.9 Å². The summed E-state index contributed by atoms with van der Waals surface area (Å²) in [6.07, 6.45) is -0.239. The number of hydrogen-bond donors (Lipinski definition) is 1. The third-order valence-electron chi connectivity index (χ3n) is 5.14. The summed E-state index contributed by atoms with van der Waals surface area (Å²) in [7, 11) is 0. The second kappa shape index (κ2) is 8.92. The van der Waals surface area contributed by atoms with Gasteiger partial charge in [-0.1, -0.05) is 11.6 Å². The molecular formula is C22H26ClN3O4. The molecule has 1 N–H and O–H groups in total. The maximum Gasteiger partial charge on any atom is 0.340 e. The largest absolute Gasteiger partial charge is 0.459 e. The number of piperazine rings is 1. The highest BCUT2D eigenvalue weighted by molar-refractivity contribution is 6.30. The van der Waals surface area contributed by atoms with Crippen LogP contribution in [0.15, 0.2) is 24.3 Å². The standard InChI is InChI=1S/C22H26ClN3O4/c1-13(2)30-22(29)18-14(3)19(24-15(18)4)21(28)26-11-9-25(10-12-26)20(27)16-5-7-17(23)8-6-16/h5-8,13,24H,9-12H2,1-4H3. The van der Waals surface area contributed by atoms with Crippen molar-refractivity contribution in [2.75, 3.05) is 26.2 Å². The van der Waals surface area contributed by atoms with Crippen LogP contribution in [0.2, 0.25) is 5.02 Å². The first-order chi connectivity index (χ1) is 14.2. The molecule has 1 aromatic carbocycles. The summed E-state index contributed by atoms with van der Waals surface area (Å²) in [5, 5.41) is 0.579. The Morgan fingerprint density at radius 2 is 1.50 bits per heavy atom. The SMILES string of the molecule is Cc1[nH]c(C(=O)N2CCN(C(=O)c3ccc(Cl)cc3)CC2)c(C)c1C(=O)OC(C)C. The van der Waals surface area contributed by atoms with E-state index in [1.807, 2.05) is 0 Å². The number of H-pyrrole nitrogens is 1. The number of nitrogens with one attached hydrogen (secondary N) is 1. The van der Waals surface area contributed by atoms with Crippen LogP contribution in [0, 0.1) is 13.8 Å². The van der Waals surface area contributed by atoms with Gasteiger partial charge in [0.1, 0.15) is 5.69 Å². The van der Waals surface area contributed by atoms with Crippen molar-refractivity contribution in [1.82, 2.24) is 14.8 Å². The summed E-state index contributed by atoms with van der Waals surface area (Å²) in [4.78, 5) is 44.5. The third-order valence-corrected chi connectivity index (χ3v) is 5.40. The molecule has 0 radical (unpaired) electrons. The zero-order valence-corrected chi connectivity index (χ0v) is 18.4. The Labute approximate surface area is 180 Å². The number of aromatic nitrogens is 1. The molecule has 1 aliphatic heterocycles. The van der Waals surface area contributed by atoms with Crippen molar-refractivity contribution >= 4 is 29.4 Å². The van der Waals surface area contributed by atoms with Crippen LogP contribution in [-0.2, 0) is 4.74 Å². The number of carbonyl (C=O) groups excluding carboxylic acids is 3. The fraction of sp³-hybridized carbons (Fsp3) is 0.409. The topological polar surface area (TPSA) is 82.7 Å². The molecule has 1 saturated heterocycles. The maximum absolute atomic E-state index is 13.0. The molecule has 2 heterocycles. The summed E-state index contributed by atoms with van der Waals surface area (Å²) >= 11 is 5.88. The van der Waals surface area contributed by atoms with Gasteiger partial charge in [-0.15, -0.1) is 0 Å². The molecule has 1 aromatic heterocycles. The maximum atomic E-state index is 13.0. The number of benzene rings is 1. The second-order valence-electron chi connectivity index (χ2n) is 7.67. The molecule has 0 spiro atoms. The van der Waals surface area contributed by atoms with Gasteiger partial charge in [0.2, 0.25) is 0 Å². The van der Waals surface area contributed by atoms with Crippen molar-refractivity contribution in [1.29, 1.82) is 0 Å². The summed E-state index contributed by atoms with van der Waals surface area (Å²) < 4.78 is 5.29. The number of aryl methyl sites for hydroxylation is 1. The van der Waals surface area contributed by atoms with Gasteiger partial charge in [0, 0.05) is 42.5 Å². The van der Waals surface area contributed by atoms with E-state index < -0.39 is 5.97 Å². The lowest BCUT2D eigenvalue weighted by atomic mass is 10.1. The first kappa shape index (κ1) is 21.9. The van der Waals surface area contributed by atoms with E-state index >= 15 is 0 Å². The van der Waals surface area contributed by atoms with Crippen molar-refractivity contribution in [2.24, 2.45) is 0 Å². The number of amides is 2. The van der Waals surface area contributed by atoms with E-state index in [0.717, 1.165) is 0 Å². The molecule has 0 unspecified atom stereocenters. The van der Waals surface area contributed by atoms with Gasteiger partial charge in [0.05, 0.1) is 11.7 Å². The lowest BCUT2D eigenvalue weighted by Gasteiger charge is -2.34. The summed E-state index contributed by atoms with van der Waals surface area (Å²) in [6.45, 7) is 8.78. The Kier molecular flexibility index (Phi) is 6.51. The van der Waals surface area contributed by atoms with E-state index in [1.54, 1.807) is 61.8 Å². The van der Waals surface area contributed by atoms with Crippen molar-refractivity contribution in [3.63, 3.8) is 0 Å². The van der Waals surface area contributed by atoms with E-state index in [4.69, 9.17) is 16.3 Å². The van der Waals surface area contributed by atoms with Gasteiger partial charge in [-0.3, -0.25) is 9.59 Å². The quantitative estimate of drug-likeness (QED) is 0.751. The van der Waals surface area contributed by atoms with Crippen LogP contribution in [0.1, 0.15) is 56.3 Å². The molecule has 1 aliphatic rings. The second-order valence-corrected chi connectivity index (χ2v) is 8.11. The van der Waals surface area contributed by atoms with Gasteiger partial charge >= 0.3 is 5.97 Å². The Morgan fingerprint density at radius 1 is 0.967 bits per heavy atom. The lowest BCUT2D eigenvalue weighted by molar-refractivity contribution is 0.0376. The molecule has 0 saturated carbocycles. The molecule has 2 amide bonds. The minimum atomic E-state index is -0.436. The van der Waals surface area contributed by atoms with Crippen LogP contribution in [0.25, 0.3) is 0 Å². The zero-order chi connectivity index (χ0) is 22.0. The summed E-state index contributed by atoms with van der Waals surface area (Å²) in [6, 6.07) is 6.77. The monoisotopic (exact) mass is 431 g/mol. The molecule has 2 aromatic rings. The molecule has 8 heteroatoms. The van der Waals surface area contributed by atoms with E-state index in [1.165, 1.54) is 0 Å². The number of nitrogens with zero attached hydrogens (tertiary/aromatic N) is 2. The number of carbonyl (C=O) groups is 3. The van der Waals surface area contributed by atoms with Gasteiger partial charge in [0.15, 0.2) is 0 Å². The number of ether oxygens (including phenoxy) is 1. The van der Waals surface area contributed by atoms with Gasteiger partial charge in [-0.25, -0.2) is 4.79 Å². The van der Waals surface area contributed by atoms with Crippen LogP contribution >= 0.6 is 11.6 Å². The van der Waals surface area contributed by atoms with Crippen LogP contribution in [0.3, 0.4) is 0 Å². The lowest BCUT2D eigenvalue weighted by Crippen LogP contribution is -2.50. The van der Waals surface area contributed by atoms with Crippen LogP contribution < -0.4 is 0 Å². The minimum absolute atomic E-state index is 0.0793. The first-order valence-corrected chi connectivity index (χ1v) is 10.3. The molecule has 3 rings (SSSR count). The summed E-state index contributed by atoms with van der Waals surface area (Å²) in [5.74, 6) is -0.698. The molecule has 7 nitrogen and oxygen atoms in total. The Hall–Kier alpha value is -2.80. The number of esters is 1. The fourth-order valence-corrected chi connectivity index (χ4v) is 3.71. The number of rotatable bonds is 4. The average molecular weight is 432 g/mol. The highest BCUT2D eigenvalue weighted by Gasteiger charge is 2.29. The van der Waals surface area contributed by atoms with Crippen molar-refractivity contribution in [2.45, 2.75) is 33.8 Å². The highest BCUT2D eigenvalue weighted by atomic mass is 35.5. The third kappa shape index (κ3) is 4.51. The predicted molar refractivity (Wildman–Crippen MR) is 114 cm³/mol. The van der Waals surface area contributed by atoms with Crippen molar-refractivity contribution in [3.8, 4) is 0 Å². The van der Waals surface area contributed by atoms with Crippen molar-refractivity contribution < 1.29 is 19.1 Å². The number of hydrogen-bond acceptors (Lipinski definition) is 4. The Bertz CT molecular complexity index is 958. The van der Waals surface area contributed by atoms with Crippen LogP contribution in [0.5, 0.6) is 0 Å². The fourth-order valence-electron chi connectivity index (χ4n) is 3.59. The average Bonchev–Trinajstić information content (AvgIpc) is 3.01. The molecular weight excluding hydrogens is 406 g/mol. The molecule has 0 bridgehead atoms. The van der Waals surface area contributed by atoms with Crippen molar-refractivity contribution in [3.05, 3.63) is 57.4 Å². The van der Waals surface area contributed by atoms with E-state index in [9.17, 15) is 14.4 Å². The molecule has 1 fully saturated rings. The highest BCUT2D eigenvalue weighted by Crippen LogP contribution is 2.22. The molecule has 0 aliphatic carbocycles. The summed E-state index contributed by atoms with van der Waals surface area (Å²) in [5.41, 5.74) is 2.56. The smallest absolute Gasteiger partial charge is 0.340 e. The number of aromatic amines is 1. The van der Waals surface area contributed by atoms with Gasteiger partial charge < -0.3 is 19.5 Å². The first-order valence-electron chi connectivity index (χ1n) is 9.93. The normalized spacial score (nSPS) is 14.2. The zero-order valence-electron chi connectivity index (χ0n) is 17.6. The molecule has 30 heavy (non-hydrogen) atoms. The van der Waals surface area contributed by atoms with E-state index in [-0.39, 0.29) is 17.9 Å². The predicted octanol–water partition coefficient (Wildman–Crippen LogP) is 3.45. The number of halogens is 1. The minimum Gasteiger partial charge on any atom is -0.459 e. The van der Waals surface area contributed by atoms with Gasteiger partial charge in [0.25, 0.3) is 11.8 Å². The van der Waals surface area contributed by atoms with E-state index in [2.05, 4.69) is 4.98 Å². The Morgan fingerprint density at radius 3 is 2.03 bits per heavy atom. The van der Waals surface area contributed by atoms with Gasteiger partial charge in [-0.2, -0.15) is 0 Å². The molecule has 160 valence electrons. The van der Waals surface area contributed by atoms with Gasteiger partial charge in [-0.05, 0) is 57.5 Å². The van der Waals surface area contributed by atoms with E-state index in [0.29, 0.717) is 59.3 Å².